The van der Waals surface area contributed by atoms with Crippen molar-refractivity contribution >= 4 is 17.5 Å². The zero-order valence-electron chi connectivity index (χ0n) is 11.6. The van der Waals surface area contributed by atoms with Gasteiger partial charge in [0.2, 0.25) is 5.95 Å². The van der Waals surface area contributed by atoms with E-state index < -0.39 is 17.8 Å². The van der Waals surface area contributed by atoms with Gasteiger partial charge in [0.05, 0.1) is 0 Å². The van der Waals surface area contributed by atoms with Crippen LogP contribution in [-0.4, -0.2) is 16.5 Å². The molecule has 0 saturated heterocycles. The first-order valence-corrected chi connectivity index (χ1v) is 6.37. The summed E-state index contributed by atoms with van der Waals surface area (Å²) in [5.74, 6) is -0.272. The molecule has 0 radical (unpaired) electrons. The third kappa shape index (κ3) is 3.42. The van der Waals surface area contributed by atoms with Gasteiger partial charge in [-0.2, -0.15) is 18.2 Å². The highest BCUT2D eigenvalue weighted by Crippen LogP contribution is 2.32. The minimum absolute atomic E-state index is 0.126. The summed E-state index contributed by atoms with van der Waals surface area (Å²) in [5, 5.41) is 0. The Morgan fingerprint density at radius 1 is 1.14 bits per heavy atom. The monoisotopic (exact) mass is 296 g/mol. The van der Waals surface area contributed by atoms with Crippen LogP contribution >= 0.6 is 0 Å². The van der Waals surface area contributed by atoms with Crippen LogP contribution < -0.4 is 10.6 Å². The lowest BCUT2D eigenvalue weighted by Crippen LogP contribution is -2.20. The average Bonchev–Trinajstić information content (AvgIpc) is 2.40. The van der Waals surface area contributed by atoms with E-state index in [1.54, 1.807) is 4.90 Å². The molecule has 0 spiro atoms. The van der Waals surface area contributed by atoms with Crippen molar-refractivity contribution in [1.29, 1.82) is 0 Å². The molecule has 1 aromatic heterocycles. The summed E-state index contributed by atoms with van der Waals surface area (Å²) >= 11 is 0. The Bertz CT molecular complexity index is 623. The lowest BCUT2D eigenvalue weighted by Gasteiger charge is -2.23. The number of hydrogen-bond acceptors (Lipinski definition) is 4. The van der Waals surface area contributed by atoms with E-state index >= 15 is 0 Å². The van der Waals surface area contributed by atoms with Crippen molar-refractivity contribution in [2.45, 2.75) is 20.0 Å². The van der Waals surface area contributed by atoms with Crippen LogP contribution in [0.4, 0.5) is 30.6 Å². The van der Waals surface area contributed by atoms with Gasteiger partial charge < -0.3 is 10.6 Å². The molecule has 0 aliphatic carbocycles. The molecule has 0 atom stereocenters. The van der Waals surface area contributed by atoms with Gasteiger partial charge in [0.15, 0.2) is 5.69 Å². The number of halogens is 3. The van der Waals surface area contributed by atoms with Crippen LogP contribution in [0.1, 0.15) is 18.2 Å². The maximum absolute atomic E-state index is 12.8. The van der Waals surface area contributed by atoms with Gasteiger partial charge in [0.25, 0.3) is 0 Å². The highest BCUT2D eigenvalue weighted by Gasteiger charge is 2.34. The van der Waals surface area contributed by atoms with Crippen molar-refractivity contribution in [3.05, 3.63) is 41.6 Å². The summed E-state index contributed by atoms with van der Waals surface area (Å²) in [4.78, 5) is 8.80. The Kier molecular flexibility index (Phi) is 4.02. The summed E-state index contributed by atoms with van der Waals surface area (Å²) in [7, 11) is 0. The van der Waals surface area contributed by atoms with Crippen molar-refractivity contribution in [2.24, 2.45) is 0 Å². The second kappa shape index (κ2) is 5.59. The van der Waals surface area contributed by atoms with Gasteiger partial charge in [0.1, 0.15) is 5.82 Å². The third-order valence-electron chi connectivity index (χ3n) is 2.96. The van der Waals surface area contributed by atoms with Crippen molar-refractivity contribution < 1.29 is 13.2 Å². The third-order valence-corrected chi connectivity index (χ3v) is 2.96. The van der Waals surface area contributed by atoms with Crippen LogP contribution in [0, 0.1) is 6.92 Å². The van der Waals surface area contributed by atoms with E-state index in [0.29, 0.717) is 6.54 Å². The first-order valence-electron chi connectivity index (χ1n) is 6.37. The summed E-state index contributed by atoms with van der Waals surface area (Å²) < 4.78 is 38.4. The van der Waals surface area contributed by atoms with Gasteiger partial charge in [-0.05, 0) is 26.0 Å². The van der Waals surface area contributed by atoms with Crippen molar-refractivity contribution in [2.75, 3.05) is 17.2 Å². The first kappa shape index (κ1) is 15.1. The number of aromatic nitrogens is 2. The Morgan fingerprint density at radius 3 is 2.29 bits per heavy atom. The lowest BCUT2D eigenvalue weighted by molar-refractivity contribution is -0.141. The van der Waals surface area contributed by atoms with Gasteiger partial charge in [-0.3, -0.25) is 0 Å². The SMILES string of the molecule is CCN(c1ccc(C)cc1)c1cc(C(F)(F)F)nc(N)n1. The molecule has 2 aromatic rings. The fraction of sp³-hybridized carbons (Fsp3) is 0.286. The van der Waals surface area contributed by atoms with Crippen molar-refractivity contribution in [1.82, 2.24) is 9.97 Å². The number of rotatable bonds is 3. The number of aryl methyl sites for hydroxylation is 1. The Hall–Kier alpha value is -2.31. The molecule has 0 unspecified atom stereocenters. The molecule has 0 aliphatic heterocycles. The Balaban J connectivity index is 2.47. The quantitative estimate of drug-likeness (QED) is 0.941. The molecule has 2 rings (SSSR count). The van der Waals surface area contributed by atoms with E-state index in [2.05, 4.69) is 9.97 Å². The number of hydrogen-bond donors (Lipinski definition) is 1. The van der Waals surface area contributed by atoms with Gasteiger partial charge in [0, 0.05) is 18.3 Å². The van der Waals surface area contributed by atoms with Gasteiger partial charge in [-0.25, -0.2) is 4.98 Å². The summed E-state index contributed by atoms with van der Waals surface area (Å²) in [6.45, 7) is 4.22. The number of alkyl halides is 3. The van der Waals surface area contributed by atoms with E-state index in [4.69, 9.17) is 5.73 Å². The van der Waals surface area contributed by atoms with E-state index in [9.17, 15) is 13.2 Å². The molecular weight excluding hydrogens is 281 g/mol. The molecule has 0 aliphatic rings. The molecule has 1 heterocycles. The molecule has 4 nitrogen and oxygen atoms in total. The maximum Gasteiger partial charge on any atom is 0.433 e. The highest BCUT2D eigenvalue weighted by molar-refractivity contribution is 5.61. The van der Waals surface area contributed by atoms with Gasteiger partial charge in [-0.1, -0.05) is 17.7 Å². The molecule has 0 fully saturated rings. The topological polar surface area (TPSA) is 55.0 Å². The smallest absolute Gasteiger partial charge is 0.368 e. The average molecular weight is 296 g/mol. The number of nitrogens with two attached hydrogens (primary N) is 1. The summed E-state index contributed by atoms with van der Waals surface area (Å²) in [6, 6.07) is 8.31. The Labute approximate surface area is 120 Å². The summed E-state index contributed by atoms with van der Waals surface area (Å²) in [5.41, 5.74) is 6.16. The lowest BCUT2D eigenvalue weighted by atomic mass is 10.2. The zero-order chi connectivity index (χ0) is 15.6. The van der Waals surface area contributed by atoms with Crippen molar-refractivity contribution in [3.8, 4) is 0 Å². The maximum atomic E-state index is 12.8. The largest absolute Gasteiger partial charge is 0.433 e. The fourth-order valence-corrected chi connectivity index (χ4v) is 1.94. The number of benzene rings is 1. The van der Waals surface area contributed by atoms with Crippen LogP contribution in [0.2, 0.25) is 0 Å². The zero-order valence-corrected chi connectivity index (χ0v) is 11.6. The van der Waals surface area contributed by atoms with Crippen LogP contribution in [0.15, 0.2) is 30.3 Å². The molecule has 21 heavy (non-hydrogen) atoms. The van der Waals surface area contributed by atoms with Crippen LogP contribution in [0.25, 0.3) is 0 Å². The normalized spacial score (nSPS) is 11.5. The first-order chi connectivity index (χ1) is 9.81. The second-order valence-corrected chi connectivity index (χ2v) is 4.55. The van der Waals surface area contributed by atoms with Crippen LogP contribution in [0.3, 0.4) is 0 Å². The molecule has 2 N–H and O–H groups in total. The molecule has 1 aromatic carbocycles. The summed E-state index contributed by atoms with van der Waals surface area (Å²) in [6.07, 6.45) is -4.56. The van der Waals surface area contributed by atoms with E-state index in [1.165, 1.54) is 0 Å². The van der Waals surface area contributed by atoms with Crippen LogP contribution in [0.5, 0.6) is 0 Å². The number of nitrogens with zero attached hydrogens (tertiary/aromatic N) is 3. The molecule has 7 heteroatoms. The molecule has 0 saturated carbocycles. The number of anilines is 3. The van der Waals surface area contributed by atoms with Gasteiger partial charge in [-0.15, -0.1) is 0 Å². The van der Waals surface area contributed by atoms with E-state index in [1.807, 2.05) is 38.1 Å². The fourth-order valence-electron chi connectivity index (χ4n) is 1.94. The van der Waals surface area contributed by atoms with E-state index in [-0.39, 0.29) is 5.82 Å². The molecule has 0 bridgehead atoms. The predicted octanol–water partition coefficient (Wildman–Crippen LogP) is 3.54. The number of nitrogen functional groups attached to an aromatic ring is 1. The molecular formula is C14H15F3N4. The Morgan fingerprint density at radius 2 is 1.76 bits per heavy atom. The highest BCUT2D eigenvalue weighted by atomic mass is 19.4. The van der Waals surface area contributed by atoms with Gasteiger partial charge >= 0.3 is 6.18 Å². The standard InChI is InChI=1S/C14H15F3N4/c1-3-21(10-6-4-9(2)5-7-10)12-8-11(14(15,16)17)19-13(18)20-12/h4-8H,3H2,1-2H3,(H2,18,19,20). The molecule has 112 valence electrons. The van der Waals surface area contributed by atoms with Crippen LogP contribution in [-0.2, 0) is 6.18 Å². The van der Waals surface area contributed by atoms with Crippen molar-refractivity contribution in [3.63, 3.8) is 0 Å². The predicted molar refractivity (Wildman–Crippen MR) is 75.3 cm³/mol. The van der Waals surface area contributed by atoms with E-state index in [0.717, 1.165) is 17.3 Å². The minimum atomic E-state index is -4.56. The minimum Gasteiger partial charge on any atom is -0.368 e. The molecule has 0 amide bonds. The second-order valence-electron chi connectivity index (χ2n) is 4.55.